The third-order valence-corrected chi connectivity index (χ3v) is 5.63. The topological polar surface area (TPSA) is 97.4 Å². The summed E-state index contributed by atoms with van der Waals surface area (Å²) < 4.78 is 16.5. The van der Waals surface area contributed by atoms with Crippen molar-refractivity contribution in [3.05, 3.63) is 23.8 Å². The molecule has 0 saturated heterocycles. The molecule has 32 heavy (non-hydrogen) atoms. The summed E-state index contributed by atoms with van der Waals surface area (Å²) in [5, 5.41) is 2.71. The summed E-state index contributed by atoms with van der Waals surface area (Å²) in [6.07, 6.45) is 0.144. The van der Waals surface area contributed by atoms with Crippen molar-refractivity contribution in [3.8, 4) is 5.75 Å². The number of fused-ring (bicyclic) bond motifs is 1. The molecule has 0 aromatic heterocycles. The lowest BCUT2D eigenvalue weighted by Crippen LogP contribution is -2.48. The van der Waals surface area contributed by atoms with Crippen LogP contribution >= 0.6 is 0 Å². The molecule has 3 amide bonds. The number of methoxy groups -OCH3 is 2. The zero-order valence-corrected chi connectivity index (χ0v) is 19.8. The minimum atomic E-state index is -0.321. The second kappa shape index (κ2) is 11.8. The Bertz CT molecular complexity index is 815. The van der Waals surface area contributed by atoms with E-state index in [0.717, 1.165) is 0 Å². The quantitative estimate of drug-likeness (QED) is 0.739. The number of ether oxygens (including phenoxy) is 3. The van der Waals surface area contributed by atoms with Crippen LogP contribution in [0.3, 0.4) is 0 Å². The van der Waals surface area contributed by atoms with Gasteiger partial charge in [-0.1, -0.05) is 13.8 Å². The van der Waals surface area contributed by atoms with Gasteiger partial charge in [-0.05, 0) is 25.1 Å². The van der Waals surface area contributed by atoms with Crippen molar-refractivity contribution >= 4 is 23.4 Å². The number of hydrogen-bond donors (Lipinski definition) is 1. The van der Waals surface area contributed by atoms with Crippen LogP contribution in [0.2, 0.25) is 0 Å². The van der Waals surface area contributed by atoms with Crippen molar-refractivity contribution in [1.29, 1.82) is 0 Å². The molecule has 9 nitrogen and oxygen atoms in total. The van der Waals surface area contributed by atoms with E-state index in [0.29, 0.717) is 36.5 Å². The molecule has 1 aromatic rings. The number of nitrogens with one attached hydrogen (secondary N) is 1. The Balaban J connectivity index is 2.43. The Morgan fingerprint density at radius 1 is 1.22 bits per heavy atom. The molecular weight excluding hydrogens is 414 g/mol. The SMILES string of the molecule is CCC(=O)N1C[C@@H](C)[C@@H](OC)CN(C)C(=O)c2cc(NC(=O)COC)ccc2OC[C@H]1C. The van der Waals surface area contributed by atoms with Gasteiger partial charge in [-0.3, -0.25) is 14.4 Å². The molecule has 0 saturated carbocycles. The smallest absolute Gasteiger partial charge is 0.257 e. The lowest BCUT2D eigenvalue weighted by atomic mass is 10.0. The number of nitrogens with zero attached hydrogens (tertiary/aromatic N) is 2. The van der Waals surface area contributed by atoms with E-state index in [9.17, 15) is 14.4 Å². The Labute approximate surface area is 190 Å². The highest BCUT2D eigenvalue weighted by atomic mass is 16.5. The number of likely N-dealkylation sites (N-methyl/N-ethyl adjacent to an activating group) is 1. The molecule has 0 spiro atoms. The molecule has 178 valence electrons. The molecule has 2 rings (SSSR count). The first kappa shape index (κ1) is 25.6. The predicted molar refractivity (Wildman–Crippen MR) is 121 cm³/mol. The largest absolute Gasteiger partial charge is 0.491 e. The molecule has 0 radical (unpaired) electrons. The van der Waals surface area contributed by atoms with Crippen molar-refractivity contribution in [2.45, 2.75) is 39.3 Å². The molecule has 1 N–H and O–H groups in total. The minimum absolute atomic E-state index is 0.00626. The van der Waals surface area contributed by atoms with Crippen molar-refractivity contribution in [3.63, 3.8) is 0 Å². The average molecular weight is 450 g/mol. The summed E-state index contributed by atoms with van der Waals surface area (Å²) in [5.74, 6) is -0.123. The summed E-state index contributed by atoms with van der Waals surface area (Å²) in [6.45, 7) is 6.78. The van der Waals surface area contributed by atoms with Crippen LogP contribution in [0.5, 0.6) is 5.75 Å². The Morgan fingerprint density at radius 2 is 1.94 bits per heavy atom. The van der Waals surface area contributed by atoms with E-state index >= 15 is 0 Å². The van der Waals surface area contributed by atoms with Gasteiger partial charge in [0, 0.05) is 52.4 Å². The van der Waals surface area contributed by atoms with Gasteiger partial charge in [-0.15, -0.1) is 0 Å². The fourth-order valence-electron chi connectivity index (χ4n) is 3.73. The van der Waals surface area contributed by atoms with E-state index in [-0.39, 0.29) is 49.0 Å². The van der Waals surface area contributed by atoms with E-state index in [1.807, 2.05) is 25.7 Å². The van der Waals surface area contributed by atoms with Gasteiger partial charge in [0.05, 0.1) is 17.7 Å². The van der Waals surface area contributed by atoms with Gasteiger partial charge in [0.1, 0.15) is 19.0 Å². The van der Waals surface area contributed by atoms with Gasteiger partial charge >= 0.3 is 0 Å². The van der Waals surface area contributed by atoms with Crippen LogP contribution in [0, 0.1) is 5.92 Å². The lowest BCUT2D eigenvalue weighted by molar-refractivity contribution is -0.135. The molecule has 0 aliphatic carbocycles. The Kier molecular flexibility index (Phi) is 9.46. The monoisotopic (exact) mass is 449 g/mol. The van der Waals surface area contributed by atoms with E-state index in [2.05, 4.69) is 5.32 Å². The maximum absolute atomic E-state index is 13.3. The summed E-state index contributed by atoms with van der Waals surface area (Å²) in [6, 6.07) is 4.73. The van der Waals surface area contributed by atoms with E-state index in [4.69, 9.17) is 14.2 Å². The number of hydrogen-bond acceptors (Lipinski definition) is 6. The predicted octanol–water partition coefficient (Wildman–Crippen LogP) is 2.01. The summed E-state index contributed by atoms with van der Waals surface area (Å²) in [5.41, 5.74) is 0.794. The molecule has 0 fully saturated rings. The van der Waals surface area contributed by atoms with Crippen molar-refractivity contribution in [1.82, 2.24) is 9.80 Å². The first-order valence-corrected chi connectivity index (χ1v) is 10.8. The number of benzene rings is 1. The highest BCUT2D eigenvalue weighted by Gasteiger charge is 2.30. The first-order chi connectivity index (χ1) is 15.2. The third kappa shape index (κ3) is 6.43. The van der Waals surface area contributed by atoms with Crippen LogP contribution in [-0.2, 0) is 19.1 Å². The van der Waals surface area contributed by atoms with Crippen molar-refractivity contribution < 1.29 is 28.6 Å². The van der Waals surface area contributed by atoms with Crippen molar-refractivity contribution in [2.24, 2.45) is 5.92 Å². The van der Waals surface area contributed by atoms with Crippen LogP contribution in [0.1, 0.15) is 37.6 Å². The van der Waals surface area contributed by atoms with Gasteiger partial charge in [-0.25, -0.2) is 0 Å². The summed E-state index contributed by atoms with van der Waals surface area (Å²) in [4.78, 5) is 41.2. The van der Waals surface area contributed by atoms with Crippen LogP contribution < -0.4 is 10.1 Å². The minimum Gasteiger partial charge on any atom is -0.491 e. The number of rotatable bonds is 5. The van der Waals surface area contributed by atoms with E-state index < -0.39 is 0 Å². The normalized spacial score (nSPS) is 22.3. The number of carbonyl (C=O) groups is 3. The number of amides is 3. The first-order valence-electron chi connectivity index (χ1n) is 10.8. The van der Waals surface area contributed by atoms with Crippen LogP contribution in [-0.4, -0.2) is 87.2 Å². The second-order valence-corrected chi connectivity index (χ2v) is 8.19. The van der Waals surface area contributed by atoms with Gasteiger partial charge in [-0.2, -0.15) is 0 Å². The third-order valence-electron chi connectivity index (χ3n) is 5.63. The van der Waals surface area contributed by atoms with Crippen LogP contribution in [0.25, 0.3) is 0 Å². The highest BCUT2D eigenvalue weighted by Crippen LogP contribution is 2.26. The zero-order chi connectivity index (χ0) is 23.8. The maximum Gasteiger partial charge on any atom is 0.257 e. The fraction of sp³-hybridized carbons (Fsp3) is 0.609. The Hall–Kier alpha value is -2.65. The molecule has 1 aliphatic rings. The van der Waals surface area contributed by atoms with Crippen LogP contribution in [0.15, 0.2) is 18.2 Å². The highest BCUT2D eigenvalue weighted by molar-refractivity contribution is 5.99. The van der Waals surface area contributed by atoms with Gasteiger partial charge in [0.25, 0.3) is 5.91 Å². The standard InChI is InChI=1S/C23H35N3O6/c1-7-22(28)26-11-15(2)20(31-6)12-25(4)23(29)18-10-17(24-21(27)14-30-5)8-9-19(18)32-13-16(26)3/h8-10,15-16,20H,7,11-14H2,1-6H3,(H,24,27)/t15-,16-,20+/m1/s1. The molecule has 1 heterocycles. The maximum atomic E-state index is 13.3. The summed E-state index contributed by atoms with van der Waals surface area (Å²) in [7, 11) is 4.75. The molecule has 1 aliphatic heterocycles. The van der Waals surface area contributed by atoms with E-state index in [1.165, 1.54) is 7.11 Å². The lowest BCUT2D eigenvalue weighted by Gasteiger charge is -2.36. The summed E-state index contributed by atoms with van der Waals surface area (Å²) >= 11 is 0. The molecule has 0 bridgehead atoms. The average Bonchev–Trinajstić information content (AvgIpc) is 2.77. The van der Waals surface area contributed by atoms with Gasteiger partial charge in [0.2, 0.25) is 11.8 Å². The molecule has 1 aromatic carbocycles. The Morgan fingerprint density at radius 3 is 2.56 bits per heavy atom. The van der Waals surface area contributed by atoms with Gasteiger partial charge < -0.3 is 29.3 Å². The fourth-order valence-corrected chi connectivity index (χ4v) is 3.73. The molecule has 3 atom stereocenters. The molecular formula is C23H35N3O6. The zero-order valence-electron chi connectivity index (χ0n) is 19.8. The molecule has 0 unspecified atom stereocenters. The molecule has 9 heteroatoms. The van der Waals surface area contributed by atoms with Gasteiger partial charge in [0.15, 0.2) is 0 Å². The van der Waals surface area contributed by atoms with E-state index in [1.54, 1.807) is 37.3 Å². The number of anilines is 1. The van der Waals surface area contributed by atoms with Crippen LogP contribution in [0.4, 0.5) is 5.69 Å². The second-order valence-electron chi connectivity index (χ2n) is 8.19. The number of carbonyl (C=O) groups excluding carboxylic acids is 3. The van der Waals surface area contributed by atoms with Crippen molar-refractivity contribution in [2.75, 3.05) is 52.9 Å².